The van der Waals surface area contributed by atoms with Crippen molar-refractivity contribution in [1.29, 1.82) is 0 Å². The van der Waals surface area contributed by atoms with Crippen LogP contribution in [-0.2, 0) is 9.47 Å². The number of aromatic nitrogens is 8. The van der Waals surface area contributed by atoms with Gasteiger partial charge in [-0.15, -0.1) is 0 Å². The van der Waals surface area contributed by atoms with Crippen LogP contribution in [0.3, 0.4) is 0 Å². The molecule has 0 spiro atoms. The van der Waals surface area contributed by atoms with Crippen LogP contribution in [0.2, 0.25) is 20.1 Å². The van der Waals surface area contributed by atoms with Gasteiger partial charge in [0.05, 0.1) is 42.5 Å². The smallest absolute Gasteiger partial charge is 0.410 e. The summed E-state index contributed by atoms with van der Waals surface area (Å²) in [6, 6.07) is 16.9. The molecule has 0 saturated carbocycles. The molecular formula is C62H62Cl4F2N12O7. The molecule has 0 radical (unpaired) electrons. The van der Waals surface area contributed by atoms with Crippen molar-refractivity contribution in [1.82, 2.24) is 59.9 Å². The molecule has 3 amide bonds. The molecule has 2 aromatic carbocycles. The van der Waals surface area contributed by atoms with Gasteiger partial charge in [0.1, 0.15) is 52.3 Å². The van der Waals surface area contributed by atoms with Crippen LogP contribution in [-0.4, -0.2) is 137 Å². The lowest BCUT2D eigenvalue weighted by Crippen LogP contribution is -2.51. The number of carbonyl (C=O) groups excluding carboxylic acids is 3. The Hall–Kier alpha value is -7.79. The molecule has 87 heavy (non-hydrogen) atoms. The highest BCUT2D eigenvalue weighted by Gasteiger charge is 2.30. The zero-order valence-electron chi connectivity index (χ0n) is 48.2. The van der Waals surface area contributed by atoms with Gasteiger partial charge in [-0.25, -0.2) is 18.3 Å². The fraction of sp³-hybridized carbons (Fsp3) is 0.339. The zero-order valence-corrected chi connectivity index (χ0v) is 51.2. The summed E-state index contributed by atoms with van der Waals surface area (Å²) in [5, 5.41) is 18.0. The first-order valence-electron chi connectivity index (χ1n) is 28.3. The molecule has 11 rings (SSSR count). The molecule has 19 nitrogen and oxygen atoms in total. The number of nitrogens with one attached hydrogen (secondary N) is 2. The van der Waals surface area contributed by atoms with Crippen LogP contribution in [0.5, 0.6) is 11.5 Å². The van der Waals surface area contributed by atoms with E-state index >= 15 is 8.78 Å². The lowest BCUT2D eigenvalue weighted by molar-refractivity contribution is -0.0367. The molecule has 2 N–H and O–H groups in total. The normalized spacial score (nSPS) is 16.7. The average Bonchev–Trinajstić information content (AvgIpc) is 2.28. The van der Waals surface area contributed by atoms with Gasteiger partial charge >= 0.3 is 6.09 Å². The topological polar surface area (TPSA) is 208 Å². The van der Waals surface area contributed by atoms with Crippen LogP contribution in [0.25, 0.3) is 45.6 Å². The Morgan fingerprint density at radius 3 is 1.72 bits per heavy atom. The minimum Gasteiger partial charge on any atom is -0.486 e. The fourth-order valence-electron chi connectivity index (χ4n) is 10.1. The molecule has 8 aromatic rings. The third-order valence-corrected chi connectivity index (χ3v) is 15.8. The molecule has 1 unspecified atom stereocenters. The number of piperazine rings is 2. The van der Waals surface area contributed by atoms with E-state index in [9.17, 15) is 14.4 Å². The number of benzene rings is 2. The van der Waals surface area contributed by atoms with E-state index in [1.807, 2.05) is 52.8 Å². The van der Waals surface area contributed by atoms with Crippen LogP contribution in [0.4, 0.5) is 13.6 Å². The van der Waals surface area contributed by atoms with Crippen LogP contribution < -0.4 is 14.8 Å². The molecule has 454 valence electrons. The van der Waals surface area contributed by atoms with Crippen molar-refractivity contribution in [2.75, 3.05) is 59.0 Å². The summed E-state index contributed by atoms with van der Waals surface area (Å²) >= 11 is 25.2. The van der Waals surface area contributed by atoms with Gasteiger partial charge in [-0.2, -0.15) is 10.2 Å². The molecule has 0 aliphatic carbocycles. The number of amides is 3. The Kier molecular flexibility index (Phi) is 19.7. The zero-order chi connectivity index (χ0) is 61.5. The molecule has 9 heterocycles. The van der Waals surface area contributed by atoms with Crippen molar-refractivity contribution in [2.24, 2.45) is 0 Å². The van der Waals surface area contributed by atoms with Crippen LogP contribution in [0.1, 0.15) is 127 Å². The molecule has 3 aliphatic rings. The summed E-state index contributed by atoms with van der Waals surface area (Å²) in [6.45, 7) is 13.8. The Morgan fingerprint density at radius 2 is 1.20 bits per heavy atom. The van der Waals surface area contributed by atoms with Crippen molar-refractivity contribution in [3.63, 3.8) is 0 Å². The monoisotopic (exact) mass is 1260 g/mol. The maximum Gasteiger partial charge on any atom is 0.410 e. The Balaban J connectivity index is 0.000000201. The van der Waals surface area contributed by atoms with Crippen molar-refractivity contribution in [3.8, 4) is 11.5 Å². The minimum absolute atomic E-state index is 0.159. The molecule has 0 bridgehead atoms. The SMILES string of the molecule is C[C@@H](Oc1ccc2c(c1)c(/C=C(\F)c1ccc(C(=O)N3CCN(C(=O)OC(C)(C)C)CC3)nc1)nn2C1CCCCO1)c1c(Cl)cncc1Cl.C[C@@H](Oc1ccc2n[nH]c(/C=C(\F)c3ccc(C(=O)N4CCNCC4)nc3)c2c1)c1c(Cl)cncc1Cl. The maximum absolute atomic E-state index is 15.9. The predicted octanol–water partition coefficient (Wildman–Crippen LogP) is 13.4. The molecule has 25 heteroatoms. The predicted molar refractivity (Wildman–Crippen MR) is 330 cm³/mol. The summed E-state index contributed by atoms with van der Waals surface area (Å²) in [7, 11) is 0. The second-order valence-electron chi connectivity index (χ2n) is 21.9. The van der Waals surface area contributed by atoms with Gasteiger partial charge in [0.2, 0.25) is 0 Å². The molecule has 3 aliphatic heterocycles. The second kappa shape index (κ2) is 27.5. The molecule has 3 saturated heterocycles. The van der Waals surface area contributed by atoms with E-state index in [2.05, 4.69) is 35.5 Å². The van der Waals surface area contributed by atoms with Gasteiger partial charge in [-0.3, -0.25) is 34.6 Å². The van der Waals surface area contributed by atoms with Crippen molar-refractivity contribution in [2.45, 2.75) is 77.9 Å². The van der Waals surface area contributed by atoms with Crippen LogP contribution in [0, 0.1) is 0 Å². The number of H-pyrrole nitrogens is 1. The van der Waals surface area contributed by atoms with Gasteiger partial charge in [0, 0.05) is 141 Å². The third-order valence-electron chi connectivity index (χ3n) is 14.6. The van der Waals surface area contributed by atoms with E-state index < -0.39 is 35.6 Å². The number of fused-ring (bicyclic) bond motifs is 2. The number of rotatable bonds is 13. The number of hydrogen-bond acceptors (Lipinski definition) is 14. The fourth-order valence-corrected chi connectivity index (χ4v) is 11.5. The summed E-state index contributed by atoms with van der Waals surface area (Å²) in [5.74, 6) is -0.489. The van der Waals surface area contributed by atoms with E-state index in [1.54, 1.807) is 49.7 Å². The highest BCUT2D eigenvalue weighted by atomic mass is 35.5. The highest BCUT2D eigenvalue weighted by molar-refractivity contribution is 6.36. The summed E-state index contributed by atoms with van der Waals surface area (Å²) < 4.78 is 56.6. The number of pyridine rings is 4. The van der Waals surface area contributed by atoms with Crippen LogP contribution >= 0.6 is 46.4 Å². The summed E-state index contributed by atoms with van der Waals surface area (Å²) in [6.07, 6.45) is 12.5. The largest absolute Gasteiger partial charge is 0.486 e. The number of carbonyl (C=O) groups is 3. The number of nitrogens with zero attached hydrogens (tertiary/aromatic N) is 10. The van der Waals surface area contributed by atoms with Crippen molar-refractivity contribution < 1.29 is 42.1 Å². The van der Waals surface area contributed by atoms with Crippen molar-refractivity contribution >= 4 is 110 Å². The molecule has 3 atom stereocenters. The Labute approximate surface area is 520 Å². The Morgan fingerprint density at radius 1 is 0.667 bits per heavy atom. The van der Waals surface area contributed by atoms with E-state index in [4.69, 9.17) is 70.4 Å². The maximum atomic E-state index is 15.9. The van der Waals surface area contributed by atoms with Gasteiger partial charge in [0.15, 0.2) is 6.23 Å². The van der Waals surface area contributed by atoms with Crippen molar-refractivity contribution in [3.05, 3.63) is 163 Å². The van der Waals surface area contributed by atoms with Crippen LogP contribution in [0.15, 0.2) is 97.8 Å². The number of halogens is 6. The molecule has 6 aromatic heterocycles. The van der Waals surface area contributed by atoms with E-state index in [-0.39, 0.29) is 40.6 Å². The second-order valence-corrected chi connectivity index (χ2v) is 23.5. The number of hydrogen-bond donors (Lipinski definition) is 2. The lowest BCUT2D eigenvalue weighted by atomic mass is 10.1. The summed E-state index contributed by atoms with van der Waals surface area (Å²) in [4.78, 5) is 59.6. The van der Waals surface area contributed by atoms with Gasteiger partial charge < -0.3 is 39.0 Å². The molecular weight excluding hydrogens is 1200 g/mol. The van der Waals surface area contributed by atoms with Gasteiger partial charge in [-0.1, -0.05) is 46.4 Å². The first kappa shape index (κ1) is 62.3. The third kappa shape index (κ3) is 15.0. The Bertz CT molecular complexity index is 3820. The van der Waals surface area contributed by atoms with E-state index in [1.165, 1.54) is 61.5 Å². The summed E-state index contributed by atoms with van der Waals surface area (Å²) in [5.41, 5.74) is 3.81. The van der Waals surface area contributed by atoms with Gasteiger partial charge in [-0.05, 0) is 115 Å². The lowest BCUT2D eigenvalue weighted by Gasteiger charge is -2.35. The first-order chi connectivity index (χ1) is 41.8. The first-order valence-corrected chi connectivity index (χ1v) is 29.8. The van der Waals surface area contributed by atoms with Gasteiger partial charge in [0.25, 0.3) is 11.8 Å². The quantitative estimate of drug-likeness (QED) is 0.110. The van der Waals surface area contributed by atoms with E-state index in [0.717, 1.165) is 37.9 Å². The minimum atomic E-state index is -0.600. The number of aromatic amines is 1. The average molecular weight is 1270 g/mol. The number of ether oxygens (including phenoxy) is 4. The van der Waals surface area contributed by atoms with E-state index in [0.29, 0.717) is 116 Å². The standard InChI is InChI=1S/C36H39Cl2FN6O5.C26H23Cl2FN6O2/c1-22(33-26(37)20-40-21-27(33)38)49-24-9-11-31-25(17-24)30(42-45(31)32-7-5-6-16-48-32)18-28(39)23-8-10-29(41-19-23)34(46)43-12-14-44(15-13-43)35(47)50-36(2,3)4;1-15(25-19(27)13-31-14-20(25)28)37-17-3-5-22-18(10-17)24(34-33-22)11-21(29)16-2-4-23(32-12-16)26(36)35-8-6-30-7-9-35/h8-11,17-22,32H,5-7,12-16H2,1-4H3;2-5,10-15,30H,6-9H2,1H3,(H,33,34)/b28-18-;21-11-/t22-,32?;15-/m11/s1. The highest BCUT2D eigenvalue weighted by Crippen LogP contribution is 2.38. The molecule has 3 fully saturated rings.